The molecule has 7 rings (SSSR count). The van der Waals surface area contributed by atoms with Crippen molar-refractivity contribution in [3.8, 4) is 11.3 Å². The van der Waals surface area contributed by atoms with E-state index in [2.05, 4.69) is 22.0 Å². The Bertz CT molecular complexity index is 1570. The molecular formula is C31H34Cl2FN3O4S. The van der Waals surface area contributed by atoms with E-state index in [4.69, 9.17) is 32.8 Å². The molecule has 0 aliphatic heterocycles. The highest BCUT2D eigenvalue weighted by atomic mass is 35.5. The average Bonchev–Trinajstić information content (AvgIpc) is 3.53. The zero-order valence-electron chi connectivity index (χ0n) is 23.7. The largest absolute Gasteiger partial charge is 0.478 e. The molecule has 0 spiro atoms. The van der Waals surface area contributed by atoms with Crippen LogP contribution in [0.15, 0.2) is 29.0 Å². The van der Waals surface area contributed by atoms with Crippen LogP contribution in [0.3, 0.4) is 0 Å². The Morgan fingerprint density at radius 3 is 2.48 bits per heavy atom. The molecular weight excluding hydrogens is 600 g/mol. The van der Waals surface area contributed by atoms with Gasteiger partial charge in [0.05, 0.1) is 31.9 Å². The van der Waals surface area contributed by atoms with Crippen LogP contribution in [0.2, 0.25) is 10.0 Å². The third kappa shape index (κ3) is 5.94. The summed E-state index contributed by atoms with van der Waals surface area (Å²) < 4.78 is 20.1. The fourth-order valence-corrected chi connectivity index (χ4v) is 8.35. The summed E-state index contributed by atoms with van der Waals surface area (Å²) in [6, 6.07) is 2.63. The lowest BCUT2D eigenvalue weighted by atomic mass is 9.78. The lowest BCUT2D eigenvalue weighted by Gasteiger charge is -2.29. The van der Waals surface area contributed by atoms with E-state index < -0.39 is 11.8 Å². The molecule has 3 saturated carbocycles. The number of thiazole rings is 1. The highest BCUT2D eigenvalue weighted by molar-refractivity contribution is 7.18. The van der Waals surface area contributed by atoms with Gasteiger partial charge in [0.15, 0.2) is 5.82 Å². The average molecular weight is 635 g/mol. The molecule has 4 aromatic rings. The van der Waals surface area contributed by atoms with Gasteiger partial charge in [-0.1, -0.05) is 55.6 Å². The van der Waals surface area contributed by atoms with Crippen molar-refractivity contribution in [3.63, 3.8) is 0 Å². The summed E-state index contributed by atoms with van der Waals surface area (Å²) in [6.07, 6.45) is 10.1. The molecule has 0 saturated heterocycles. The SMILES string of the molecule is CC.C[C@H]1CC2CCCC1C2c1nc2c(F)cc(C(=O)O)cc2s1.OCc1c(-c2c(Cl)cncc2Cl)noc1C1CC1. The van der Waals surface area contributed by atoms with Crippen LogP contribution in [0.4, 0.5) is 4.39 Å². The third-order valence-corrected chi connectivity index (χ3v) is 10.2. The molecule has 3 aromatic heterocycles. The van der Waals surface area contributed by atoms with E-state index in [0.717, 1.165) is 29.7 Å². The number of fused-ring (bicyclic) bond motifs is 3. The van der Waals surface area contributed by atoms with Gasteiger partial charge in [-0.25, -0.2) is 14.2 Å². The number of carbonyl (C=O) groups is 1. The fraction of sp³-hybridized carbons (Fsp3) is 0.484. The van der Waals surface area contributed by atoms with Gasteiger partial charge in [-0.15, -0.1) is 11.3 Å². The van der Waals surface area contributed by atoms with Crippen LogP contribution in [0.5, 0.6) is 0 Å². The van der Waals surface area contributed by atoms with Crippen LogP contribution in [0, 0.1) is 23.6 Å². The van der Waals surface area contributed by atoms with E-state index in [1.54, 1.807) is 6.07 Å². The number of halogens is 3. The molecule has 4 atom stereocenters. The van der Waals surface area contributed by atoms with E-state index >= 15 is 0 Å². The van der Waals surface area contributed by atoms with Gasteiger partial charge in [0.2, 0.25) is 0 Å². The summed E-state index contributed by atoms with van der Waals surface area (Å²) in [5.41, 5.74) is 2.08. The summed E-state index contributed by atoms with van der Waals surface area (Å²) in [5.74, 6) is 1.97. The molecule has 3 unspecified atom stereocenters. The van der Waals surface area contributed by atoms with Gasteiger partial charge in [-0.05, 0) is 62.0 Å². The van der Waals surface area contributed by atoms with Crippen molar-refractivity contribution < 1.29 is 23.9 Å². The van der Waals surface area contributed by atoms with Crippen molar-refractivity contribution in [2.45, 2.75) is 77.7 Å². The molecule has 7 nitrogen and oxygen atoms in total. The molecule has 11 heteroatoms. The van der Waals surface area contributed by atoms with Crippen molar-refractivity contribution in [3.05, 3.63) is 62.3 Å². The zero-order chi connectivity index (χ0) is 30.1. The molecule has 42 heavy (non-hydrogen) atoms. The number of carboxylic acid groups (broad SMARTS) is 1. The van der Waals surface area contributed by atoms with Crippen LogP contribution in [0.25, 0.3) is 21.5 Å². The van der Waals surface area contributed by atoms with Gasteiger partial charge in [0.25, 0.3) is 0 Å². The smallest absolute Gasteiger partial charge is 0.335 e. The minimum absolute atomic E-state index is 0.000171. The highest BCUT2D eigenvalue weighted by Gasteiger charge is 2.45. The summed E-state index contributed by atoms with van der Waals surface area (Å²) in [6.45, 7) is 6.18. The molecule has 3 fully saturated rings. The van der Waals surface area contributed by atoms with Crippen molar-refractivity contribution in [2.75, 3.05) is 0 Å². The Morgan fingerprint density at radius 2 is 1.86 bits per heavy atom. The maximum absolute atomic E-state index is 14.2. The van der Waals surface area contributed by atoms with Gasteiger partial charge >= 0.3 is 5.97 Å². The number of carboxylic acids is 1. The number of benzene rings is 1. The van der Waals surface area contributed by atoms with E-state index in [1.807, 2.05) is 13.8 Å². The number of hydrogen-bond acceptors (Lipinski definition) is 7. The number of aromatic carboxylic acids is 1. The maximum atomic E-state index is 14.2. The predicted molar refractivity (Wildman–Crippen MR) is 163 cm³/mol. The standard InChI is InChI=1S/C17H18FNO2S.C12H10Cl2N2O2.C2H6/c1-8-5-9-3-2-4-11(8)14(9)16-19-15-12(18)6-10(17(20)21)7-13(15)22-16;13-8-3-15-4-9(14)10(8)11-7(5-17)12(18-16-11)6-1-2-6;1-2/h6-9,11,14H,2-5H2,1H3,(H,20,21);3-4,6,17H,1-2,5H2;1-2H3/t8-,9?,11?,14?;;/m0../s1. The Hall–Kier alpha value is -2.59. The Labute approximate surface area is 258 Å². The second-order valence-electron chi connectivity index (χ2n) is 11.0. The van der Waals surface area contributed by atoms with Crippen molar-refractivity contribution in [1.29, 1.82) is 0 Å². The summed E-state index contributed by atoms with van der Waals surface area (Å²) in [4.78, 5) is 19.5. The van der Waals surface area contributed by atoms with Gasteiger partial charge in [-0.2, -0.15) is 0 Å². The molecule has 2 bridgehead atoms. The van der Waals surface area contributed by atoms with Gasteiger partial charge < -0.3 is 14.7 Å². The molecule has 0 amide bonds. The monoisotopic (exact) mass is 633 g/mol. The van der Waals surface area contributed by atoms with Crippen LogP contribution < -0.4 is 0 Å². The number of hydrogen-bond donors (Lipinski definition) is 2. The number of aliphatic hydroxyl groups is 1. The normalized spacial score (nSPS) is 22.7. The van der Waals surface area contributed by atoms with Crippen LogP contribution >= 0.6 is 34.5 Å². The second kappa shape index (κ2) is 13.0. The topological polar surface area (TPSA) is 109 Å². The molecule has 224 valence electrons. The summed E-state index contributed by atoms with van der Waals surface area (Å²) >= 11 is 13.7. The lowest BCUT2D eigenvalue weighted by Crippen LogP contribution is -2.19. The van der Waals surface area contributed by atoms with Crippen LogP contribution in [-0.2, 0) is 6.61 Å². The predicted octanol–water partition coefficient (Wildman–Crippen LogP) is 9.11. The maximum Gasteiger partial charge on any atom is 0.335 e. The number of aromatic nitrogens is 3. The molecule has 3 aliphatic rings. The first kappa shape index (κ1) is 30.9. The third-order valence-electron chi connectivity index (χ3n) is 8.50. The zero-order valence-corrected chi connectivity index (χ0v) is 26.1. The van der Waals surface area contributed by atoms with E-state index in [1.165, 1.54) is 49.4 Å². The highest BCUT2D eigenvalue weighted by Crippen LogP contribution is 2.56. The molecule has 3 heterocycles. The number of aliphatic hydroxyl groups excluding tert-OH is 1. The first-order chi connectivity index (χ1) is 20.3. The molecule has 3 aliphatic carbocycles. The van der Waals surface area contributed by atoms with Crippen molar-refractivity contribution >= 4 is 50.7 Å². The summed E-state index contributed by atoms with van der Waals surface area (Å²) in [5, 5.41) is 24.4. The van der Waals surface area contributed by atoms with Gasteiger partial charge in [-0.3, -0.25) is 4.98 Å². The Kier molecular flexibility index (Phi) is 9.52. The first-order valence-electron chi connectivity index (χ1n) is 14.5. The molecule has 2 N–H and O–H groups in total. The van der Waals surface area contributed by atoms with Gasteiger partial charge in [0.1, 0.15) is 17.0 Å². The molecule has 1 aromatic carbocycles. The molecule has 0 radical (unpaired) electrons. The van der Waals surface area contributed by atoms with Crippen LogP contribution in [-0.4, -0.2) is 31.3 Å². The number of pyridine rings is 1. The quantitative estimate of drug-likeness (QED) is 0.225. The van der Waals surface area contributed by atoms with Crippen molar-refractivity contribution in [1.82, 2.24) is 15.1 Å². The first-order valence-corrected chi connectivity index (χ1v) is 16.1. The second-order valence-corrected chi connectivity index (χ2v) is 12.9. The Balaban J connectivity index is 0.000000162. The minimum atomic E-state index is -1.10. The number of nitrogens with zero attached hydrogens (tertiary/aromatic N) is 3. The number of rotatable bonds is 5. The van der Waals surface area contributed by atoms with Crippen LogP contribution in [0.1, 0.15) is 97.8 Å². The van der Waals surface area contributed by atoms with Crippen molar-refractivity contribution in [2.24, 2.45) is 17.8 Å². The summed E-state index contributed by atoms with van der Waals surface area (Å²) in [7, 11) is 0. The van der Waals surface area contributed by atoms with E-state index in [-0.39, 0.29) is 12.2 Å². The van der Waals surface area contributed by atoms with Gasteiger partial charge in [0, 0.05) is 35.4 Å². The van der Waals surface area contributed by atoms with E-state index in [9.17, 15) is 14.3 Å². The Morgan fingerprint density at radius 1 is 1.14 bits per heavy atom. The van der Waals surface area contributed by atoms with E-state index in [0.29, 0.717) is 66.7 Å². The lowest BCUT2D eigenvalue weighted by molar-refractivity contribution is 0.0696. The minimum Gasteiger partial charge on any atom is -0.478 e. The fourth-order valence-electron chi connectivity index (χ4n) is 6.51.